The second-order valence-electron chi connectivity index (χ2n) is 3.86. The van der Waals surface area contributed by atoms with Crippen molar-refractivity contribution in [3.63, 3.8) is 0 Å². The maximum absolute atomic E-state index is 11.3. The molecule has 1 aliphatic rings. The fraction of sp³-hybridized carbons (Fsp3) is 0.417. The molecule has 1 aromatic rings. The topological polar surface area (TPSA) is 38.3 Å². The summed E-state index contributed by atoms with van der Waals surface area (Å²) in [7, 11) is 0. The van der Waals surface area contributed by atoms with E-state index in [1.807, 2.05) is 32.0 Å². The van der Waals surface area contributed by atoms with E-state index in [4.69, 9.17) is 4.74 Å². The van der Waals surface area contributed by atoms with E-state index in [1.54, 1.807) is 0 Å². The molecule has 0 aliphatic carbocycles. The number of nitrogens with one attached hydrogen (secondary N) is 1. The van der Waals surface area contributed by atoms with Crippen molar-refractivity contribution in [1.29, 1.82) is 0 Å². The van der Waals surface area contributed by atoms with Gasteiger partial charge in [-0.05, 0) is 24.5 Å². The first-order valence-corrected chi connectivity index (χ1v) is 5.29. The first-order valence-electron chi connectivity index (χ1n) is 5.29. The molecule has 80 valence electrons. The molecule has 1 aromatic carbocycles. The van der Waals surface area contributed by atoms with Gasteiger partial charge in [0.25, 0.3) is 0 Å². The molecule has 0 saturated carbocycles. The van der Waals surface area contributed by atoms with Crippen LogP contribution in [0, 0.1) is 0 Å². The Morgan fingerprint density at radius 2 is 2.33 bits per heavy atom. The zero-order valence-electron chi connectivity index (χ0n) is 9.04. The Balaban J connectivity index is 2.34. The Bertz CT molecular complexity index is 387. The Morgan fingerprint density at radius 1 is 1.53 bits per heavy atom. The largest absolute Gasteiger partial charge is 0.426 e. The summed E-state index contributed by atoms with van der Waals surface area (Å²) in [5, 5.41) is 3.20. The molecule has 1 heterocycles. The second-order valence-corrected chi connectivity index (χ2v) is 3.86. The van der Waals surface area contributed by atoms with Gasteiger partial charge in [0.1, 0.15) is 5.75 Å². The number of benzene rings is 1. The molecule has 0 fully saturated rings. The van der Waals surface area contributed by atoms with Gasteiger partial charge in [0.15, 0.2) is 0 Å². The summed E-state index contributed by atoms with van der Waals surface area (Å²) in [6, 6.07) is 5.95. The van der Waals surface area contributed by atoms with E-state index in [9.17, 15) is 4.79 Å². The molecule has 3 heteroatoms. The van der Waals surface area contributed by atoms with E-state index in [0.29, 0.717) is 12.2 Å². The quantitative estimate of drug-likeness (QED) is 0.595. The Labute approximate surface area is 89.4 Å². The molecule has 1 atom stereocenters. The summed E-state index contributed by atoms with van der Waals surface area (Å²) in [5.41, 5.74) is 2.12. The molecule has 0 bridgehead atoms. The van der Waals surface area contributed by atoms with Crippen LogP contribution in [0.1, 0.15) is 31.7 Å². The standard InChI is InChI=1S/C12H15NO2/c1-3-13-9-4-5-10-8(2)6-12(14)15-11(10)7-9/h4-5,7-8,13H,3,6H2,1-2H3. The number of fused-ring (bicyclic) bond motifs is 1. The molecular formula is C12H15NO2. The van der Waals surface area contributed by atoms with Crippen LogP contribution in [0.4, 0.5) is 5.69 Å². The smallest absolute Gasteiger partial charge is 0.311 e. The van der Waals surface area contributed by atoms with Crippen LogP contribution in [-0.4, -0.2) is 12.5 Å². The summed E-state index contributed by atoms with van der Waals surface area (Å²) in [6.45, 7) is 4.95. The lowest BCUT2D eigenvalue weighted by molar-refractivity contribution is -0.135. The van der Waals surface area contributed by atoms with Gasteiger partial charge < -0.3 is 10.1 Å². The number of carbonyl (C=O) groups excluding carboxylic acids is 1. The molecule has 1 N–H and O–H groups in total. The van der Waals surface area contributed by atoms with Gasteiger partial charge in [-0.1, -0.05) is 13.0 Å². The van der Waals surface area contributed by atoms with Gasteiger partial charge in [-0.3, -0.25) is 4.79 Å². The third kappa shape index (κ3) is 1.96. The lowest BCUT2D eigenvalue weighted by atomic mass is 9.94. The number of esters is 1. The fourth-order valence-electron chi connectivity index (χ4n) is 1.87. The highest BCUT2D eigenvalue weighted by atomic mass is 16.5. The normalized spacial score (nSPS) is 19.3. The Kier molecular flexibility index (Phi) is 2.62. The zero-order valence-corrected chi connectivity index (χ0v) is 9.04. The molecular weight excluding hydrogens is 190 g/mol. The molecule has 2 rings (SSSR count). The number of anilines is 1. The number of hydrogen-bond donors (Lipinski definition) is 1. The van der Waals surface area contributed by atoms with Crippen LogP contribution >= 0.6 is 0 Å². The van der Waals surface area contributed by atoms with Crippen LogP contribution in [0.3, 0.4) is 0 Å². The van der Waals surface area contributed by atoms with Crippen molar-refractivity contribution in [2.75, 3.05) is 11.9 Å². The van der Waals surface area contributed by atoms with Gasteiger partial charge >= 0.3 is 5.97 Å². The Morgan fingerprint density at radius 3 is 3.07 bits per heavy atom. The molecule has 0 amide bonds. The number of hydrogen-bond acceptors (Lipinski definition) is 3. The minimum atomic E-state index is -0.136. The zero-order chi connectivity index (χ0) is 10.8. The highest BCUT2D eigenvalue weighted by molar-refractivity contribution is 5.77. The predicted octanol–water partition coefficient (Wildman–Crippen LogP) is 2.53. The summed E-state index contributed by atoms with van der Waals surface area (Å²) < 4.78 is 5.21. The predicted molar refractivity (Wildman–Crippen MR) is 59.3 cm³/mol. The molecule has 1 aliphatic heterocycles. The van der Waals surface area contributed by atoms with Crippen LogP contribution in [0.15, 0.2) is 18.2 Å². The summed E-state index contributed by atoms with van der Waals surface area (Å²) >= 11 is 0. The minimum absolute atomic E-state index is 0.136. The van der Waals surface area contributed by atoms with Crippen LogP contribution in [0.5, 0.6) is 5.75 Å². The van der Waals surface area contributed by atoms with Crippen molar-refractivity contribution in [3.05, 3.63) is 23.8 Å². The van der Waals surface area contributed by atoms with Crippen molar-refractivity contribution in [2.24, 2.45) is 0 Å². The maximum Gasteiger partial charge on any atom is 0.311 e. The molecule has 0 saturated heterocycles. The summed E-state index contributed by atoms with van der Waals surface area (Å²) in [6.07, 6.45) is 0.480. The molecule has 15 heavy (non-hydrogen) atoms. The van der Waals surface area contributed by atoms with Gasteiger partial charge in [0, 0.05) is 18.3 Å². The van der Waals surface area contributed by atoms with E-state index < -0.39 is 0 Å². The third-order valence-corrected chi connectivity index (χ3v) is 2.62. The molecule has 3 nitrogen and oxygen atoms in total. The van der Waals surface area contributed by atoms with Gasteiger partial charge in [0.05, 0.1) is 6.42 Å². The Hall–Kier alpha value is -1.51. The molecule has 0 radical (unpaired) electrons. The van der Waals surface area contributed by atoms with Gasteiger partial charge in [-0.15, -0.1) is 0 Å². The molecule has 0 aromatic heterocycles. The molecule has 0 spiro atoms. The van der Waals surface area contributed by atoms with E-state index in [-0.39, 0.29) is 11.9 Å². The van der Waals surface area contributed by atoms with Crippen molar-refractivity contribution in [3.8, 4) is 5.75 Å². The van der Waals surface area contributed by atoms with E-state index in [1.165, 1.54) is 0 Å². The first kappa shape index (κ1) is 10.0. The minimum Gasteiger partial charge on any atom is -0.426 e. The average molecular weight is 205 g/mol. The summed E-state index contributed by atoms with van der Waals surface area (Å²) in [5.74, 6) is 0.831. The van der Waals surface area contributed by atoms with Crippen molar-refractivity contribution in [1.82, 2.24) is 0 Å². The summed E-state index contributed by atoms with van der Waals surface area (Å²) in [4.78, 5) is 11.3. The highest BCUT2D eigenvalue weighted by Crippen LogP contribution is 2.35. The van der Waals surface area contributed by atoms with E-state index >= 15 is 0 Å². The SMILES string of the molecule is CCNc1ccc2c(c1)OC(=O)CC2C. The first-order chi connectivity index (χ1) is 7.20. The van der Waals surface area contributed by atoms with E-state index in [0.717, 1.165) is 17.8 Å². The van der Waals surface area contributed by atoms with Crippen molar-refractivity contribution in [2.45, 2.75) is 26.2 Å². The van der Waals surface area contributed by atoms with Crippen LogP contribution in [0.2, 0.25) is 0 Å². The highest BCUT2D eigenvalue weighted by Gasteiger charge is 2.23. The van der Waals surface area contributed by atoms with Crippen LogP contribution in [-0.2, 0) is 4.79 Å². The maximum atomic E-state index is 11.3. The lowest BCUT2D eigenvalue weighted by Gasteiger charge is -2.21. The van der Waals surface area contributed by atoms with Gasteiger partial charge in [0.2, 0.25) is 0 Å². The lowest BCUT2D eigenvalue weighted by Crippen LogP contribution is -2.18. The number of rotatable bonds is 2. The average Bonchev–Trinajstić information content (AvgIpc) is 2.17. The van der Waals surface area contributed by atoms with Gasteiger partial charge in [-0.25, -0.2) is 0 Å². The van der Waals surface area contributed by atoms with Crippen molar-refractivity contribution < 1.29 is 9.53 Å². The molecule has 1 unspecified atom stereocenters. The van der Waals surface area contributed by atoms with Crippen LogP contribution < -0.4 is 10.1 Å². The third-order valence-electron chi connectivity index (χ3n) is 2.62. The monoisotopic (exact) mass is 205 g/mol. The number of ether oxygens (including phenoxy) is 1. The van der Waals surface area contributed by atoms with E-state index in [2.05, 4.69) is 5.32 Å². The van der Waals surface area contributed by atoms with Crippen molar-refractivity contribution >= 4 is 11.7 Å². The van der Waals surface area contributed by atoms with Crippen LogP contribution in [0.25, 0.3) is 0 Å². The number of carbonyl (C=O) groups is 1. The second kappa shape index (κ2) is 3.93. The van der Waals surface area contributed by atoms with Gasteiger partial charge in [-0.2, -0.15) is 0 Å². The fourth-order valence-corrected chi connectivity index (χ4v) is 1.87.